The zero-order valence-corrected chi connectivity index (χ0v) is 20.6. The number of nitrogens with one attached hydrogen (secondary N) is 2. The molecule has 8 heteroatoms. The Morgan fingerprint density at radius 2 is 1.31 bits per heavy atom. The van der Waals surface area contributed by atoms with E-state index in [0.717, 1.165) is 0 Å². The first-order chi connectivity index (χ1) is 16.8. The lowest BCUT2D eigenvalue weighted by Crippen LogP contribution is -2.15. The third-order valence-corrected chi connectivity index (χ3v) is 7.13. The van der Waals surface area contributed by atoms with Crippen LogP contribution in [0.15, 0.2) is 108 Å². The summed E-state index contributed by atoms with van der Waals surface area (Å²) in [6, 6.07) is 28.9. The summed E-state index contributed by atoms with van der Waals surface area (Å²) < 4.78 is 27.9. The highest BCUT2D eigenvalue weighted by Crippen LogP contribution is 2.26. The molecule has 5 nitrogen and oxygen atoms in total. The van der Waals surface area contributed by atoms with E-state index in [0.29, 0.717) is 32.4 Å². The number of carbonyl (C=O) groups is 1. The van der Waals surface area contributed by atoms with E-state index < -0.39 is 10.0 Å². The number of sulfonamides is 1. The van der Waals surface area contributed by atoms with Crippen LogP contribution in [-0.4, -0.2) is 14.3 Å². The maximum absolute atomic E-state index is 13.2. The Labute approximate surface area is 214 Å². The number of anilines is 2. The van der Waals surface area contributed by atoms with Crippen molar-refractivity contribution in [2.75, 3.05) is 10.0 Å². The number of rotatable bonds is 7. The maximum Gasteiger partial charge on any atom is 0.261 e. The highest BCUT2D eigenvalue weighted by Gasteiger charge is 2.17. The Bertz CT molecular complexity index is 1490. The summed E-state index contributed by atoms with van der Waals surface area (Å²) in [5.41, 5.74) is 2.55. The molecule has 0 bridgehead atoms. The summed E-state index contributed by atoms with van der Waals surface area (Å²) in [5.74, 6) is -0.360. The maximum atomic E-state index is 13.2. The van der Waals surface area contributed by atoms with Gasteiger partial charge in [0.15, 0.2) is 0 Å². The summed E-state index contributed by atoms with van der Waals surface area (Å²) in [6.45, 7) is 0. The summed E-state index contributed by atoms with van der Waals surface area (Å²) in [7, 11) is -3.86. The number of halogens is 2. The smallest absolute Gasteiger partial charge is 0.261 e. The van der Waals surface area contributed by atoms with Crippen LogP contribution in [0, 0.1) is 0 Å². The number of hydrogen-bond acceptors (Lipinski definition) is 3. The second-order valence-corrected chi connectivity index (χ2v) is 10.0. The second-order valence-electron chi connectivity index (χ2n) is 7.51. The minimum atomic E-state index is -3.86. The second kappa shape index (κ2) is 10.8. The molecule has 0 radical (unpaired) electrons. The molecule has 0 unspecified atom stereocenters. The highest BCUT2D eigenvalue weighted by atomic mass is 35.5. The molecule has 0 heterocycles. The topological polar surface area (TPSA) is 75.3 Å². The third kappa shape index (κ3) is 6.11. The SMILES string of the molecule is O=C(Nc1ccc(S(=O)(=O)Nc2ccccc2Cl)cc1)/C(=C/c1ccccc1Cl)c1ccccc1. The predicted molar refractivity (Wildman–Crippen MR) is 143 cm³/mol. The molecule has 4 aromatic rings. The first kappa shape index (κ1) is 24.5. The zero-order valence-electron chi connectivity index (χ0n) is 18.3. The molecule has 1 amide bonds. The van der Waals surface area contributed by atoms with Crippen molar-refractivity contribution in [3.05, 3.63) is 124 Å². The van der Waals surface area contributed by atoms with Gasteiger partial charge >= 0.3 is 0 Å². The fourth-order valence-electron chi connectivity index (χ4n) is 3.31. The van der Waals surface area contributed by atoms with E-state index in [4.69, 9.17) is 23.2 Å². The first-order valence-corrected chi connectivity index (χ1v) is 12.8. The molecule has 0 aliphatic carbocycles. The van der Waals surface area contributed by atoms with Crippen LogP contribution in [0.3, 0.4) is 0 Å². The van der Waals surface area contributed by atoms with E-state index in [9.17, 15) is 13.2 Å². The molecule has 35 heavy (non-hydrogen) atoms. The summed E-state index contributed by atoms with van der Waals surface area (Å²) in [6.07, 6.45) is 1.72. The van der Waals surface area contributed by atoms with Crippen molar-refractivity contribution >= 4 is 62.2 Å². The van der Waals surface area contributed by atoms with Crippen LogP contribution in [0.25, 0.3) is 11.6 Å². The summed E-state index contributed by atoms with van der Waals surface area (Å²) in [5, 5.41) is 3.64. The average Bonchev–Trinajstić information content (AvgIpc) is 2.85. The van der Waals surface area contributed by atoms with Gasteiger partial charge in [-0.15, -0.1) is 0 Å². The molecule has 0 aromatic heterocycles. The largest absolute Gasteiger partial charge is 0.322 e. The van der Waals surface area contributed by atoms with Gasteiger partial charge in [-0.2, -0.15) is 0 Å². The molecular formula is C27H20Cl2N2O3S. The fraction of sp³-hybridized carbons (Fsp3) is 0. The molecule has 0 atom stereocenters. The Morgan fingerprint density at radius 1 is 0.714 bits per heavy atom. The molecule has 0 spiro atoms. The van der Waals surface area contributed by atoms with Gasteiger partial charge in [-0.05, 0) is 59.7 Å². The molecule has 4 aromatic carbocycles. The van der Waals surface area contributed by atoms with Crippen LogP contribution in [-0.2, 0) is 14.8 Å². The van der Waals surface area contributed by atoms with Gasteiger partial charge in [0.25, 0.3) is 15.9 Å². The van der Waals surface area contributed by atoms with Crippen LogP contribution >= 0.6 is 23.2 Å². The zero-order chi connectivity index (χ0) is 24.8. The minimum absolute atomic E-state index is 0.0327. The van der Waals surface area contributed by atoms with E-state index in [1.54, 1.807) is 36.4 Å². The van der Waals surface area contributed by atoms with Gasteiger partial charge < -0.3 is 5.32 Å². The monoisotopic (exact) mass is 522 g/mol. The standard InChI is InChI=1S/C27H20Cl2N2O3S/c28-24-11-5-4-10-20(24)18-23(19-8-2-1-3-9-19)27(32)30-21-14-16-22(17-15-21)35(33,34)31-26-13-7-6-12-25(26)29/h1-18,31H,(H,30,32)/b23-18+. The molecule has 2 N–H and O–H groups in total. The van der Waals surface area contributed by atoms with E-state index in [1.807, 2.05) is 48.5 Å². The quantitative estimate of drug-likeness (QED) is 0.203. The Morgan fingerprint density at radius 3 is 1.97 bits per heavy atom. The highest BCUT2D eigenvalue weighted by molar-refractivity contribution is 7.92. The van der Waals surface area contributed by atoms with Crippen molar-refractivity contribution in [1.82, 2.24) is 0 Å². The Hall–Kier alpha value is -3.58. The van der Waals surface area contributed by atoms with Crippen molar-refractivity contribution in [1.29, 1.82) is 0 Å². The van der Waals surface area contributed by atoms with Gasteiger partial charge in [0.05, 0.1) is 15.6 Å². The number of carbonyl (C=O) groups excluding carboxylic acids is 1. The van der Waals surface area contributed by atoms with Crippen LogP contribution in [0.1, 0.15) is 11.1 Å². The molecule has 0 aliphatic heterocycles. The summed E-state index contributed by atoms with van der Waals surface area (Å²) in [4.78, 5) is 13.3. The third-order valence-electron chi connectivity index (χ3n) is 5.08. The van der Waals surface area contributed by atoms with Crippen LogP contribution in [0.4, 0.5) is 11.4 Å². The predicted octanol–water partition coefficient (Wildman–Crippen LogP) is 6.97. The van der Waals surface area contributed by atoms with Crippen molar-refractivity contribution in [3.63, 3.8) is 0 Å². The van der Waals surface area contributed by atoms with Gasteiger partial charge in [0, 0.05) is 16.3 Å². The van der Waals surface area contributed by atoms with Gasteiger partial charge in [-0.1, -0.05) is 83.9 Å². The molecule has 4 rings (SSSR count). The minimum Gasteiger partial charge on any atom is -0.322 e. The number of amides is 1. The molecule has 0 saturated carbocycles. The normalized spacial score (nSPS) is 11.7. The van der Waals surface area contributed by atoms with Gasteiger partial charge in [-0.3, -0.25) is 9.52 Å². The number of para-hydroxylation sites is 1. The lowest BCUT2D eigenvalue weighted by molar-refractivity contribution is -0.111. The van der Waals surface area contributed by atoms with Gasteiger partial charge in [-0.25, -0.2) is 8.42 Å². The van der Waals surface area contributed by atoms with Crippen LogP contribution in [0.2, 0.25) is 10.0 Å². The molecular weight excluding hydrogens is 503 g/mol. The Balaban J connectivity index is 1.57. The summed E-state index contributed by atoms with van der Waals surface area (Å²) >= 11 is 12.4. The van der Waals surface area contributed by atoms with Gasteiger partial charge in [0.1, 0.15) is 0 Å². The lowest BCUT2D eigenvalue weighted by atomic mass is 10.0. The first-order valence-electron chi connectivity index (χ1n) is 10.5. The van der Waals surface area contributed by atoms with Gasteiger partial charge in [0.2, 0.25) is 0 Å². The van der Waals surface area contributed by atoms with E-state index in [2.05, 4.69) is 10.0 Å². The van der Waals surface area contributed by atoms with Crippen LogP contribution < -0.4 is 10.0 Å². The number of hydrogen-bond donors (Lipinski definition) is 2. The molecule has 176 valence electrons. The lowest BCUT2D eigenvalue weighted by Gasteiger charge is -2.12. The molecule has 0 saturated heterocycles. The van der Waals surface area contributed by atoms with E-state index >= 15 is 0 Å². The number of benzene rings is 4. The van der Waals surface area contributed by atoms with E-state index in [-0.39, 0.29) is 16.5 Å². The Kier molecular flexibility index (Phi) is 7.56. The van der Waals surface area contributed by atoms with Crippen molar-refractivity contribution < 1.29 is 13.2 Å². The van der Waals surface area contributed by atoms with Crippen molar-refractivity contribution in [3.8, 4) is 0 Å². The van der Waals surface area contributed by atoms with E-state index in [1.165, 1.54) is 24.3 Å². The molecule has 0 aliphatic rings. The molecule has 0 fully saturated rings. The van der Waals surface area contributed by atoms with Crippen molar-refractivity contribution in [2.24, 2.45) is 0 Å². The average molecular weight is 523 g/mol. The fourth-order valence-corrected chi connectivity index (χ4v) is 4.82. The van der Waals surface area contributed by atoms with Crippen molar-refractivity contribution in [2.45, 2.75) is 4.90 Å². The van der Waals surface area contributed by atoms with Crippen LogP contribution in [0.5, 0.6) is 0 Å².